The van der Waals surface area contributed by atoms with Crippen LogP contribution in [0.15, 0.2) is 150 Å². The number of methoxy groups -OCH3 is 2. The maximum absolute atomic E-state index is 13.7. The fourth-order valence-electron chi connectivity index (χ4n) is 8.51. The van der Waals surface area contributed by atoms with Crippen LogP contribution in [0.1, 0.15) is 62.8 Å². The normalized spacial score (nSPS) is 14.0. The van der Waals surface area contributed by atoms with E-state index in [0.717, 1.165) is 38.5 Å². The maximum atomic E-state index is 13.7. The van der Waals surface area contributed by atoms with Gasteiger partial charge in [-0.25, -0.2) is 14.0 Å². The number of pyridine rings is 1. The molecule has 2 atom stereocenters. The second kappa shape index (κ2) is 24.5. The zero-order chi connectivity index (χ0) is 48.8. The molecule has 1 aliphatic rings. The first-order valence-electron chi connectivity index (χ1n) is 23.3. The number of carbonyl (C=O) groups excluding carboxylic acids is 1. The molecule has 5 aromatic carbocycles. The number of nitrogens with zero attached hydrogens (tertiary/aromatic N) is 4. The topological polar surface area (TPSA) is 119 Å². The number of para-hydroxylation sites is 2. The fraction of sp³-hybridized carbons (Fsp3) is 0.327. The molecule has 1 aromatic heterocycles. The molecule has 7 rings (SSSR count). The van der Waals surface area contributed by atoms with Crippen molar-refractivity contribution in [2.24, 2.45) is 7.05 Å². The quantitative estimate of drug-likeness (QED) is 0.0286. The van der Waals surface area contributed by atoms with Crippen molar-refractivity contribution in [2.75, 3.05) is 52.0 Å². The van der Waals surface area contributed by atoms with Gasteiger partial charge >= 0.3 is 6.09 Å². The zero-order valence-corrected chi connectivity index (χ0v) is 42.3. The Morgan fingerprint density at radius 1 is 0.826 bits per heavy atom. The lowest BCUT2D eigenvalue weighted by atomic mass is 9.80. The first-order valence-corrected chi connectivity index (χ1v) is 25.3. The number of rotatable bonds is 23. The average molecular weight is 969 g/mol. The lowest BCUT2D eigenvalue weighted by Crippen LogP contribution is -2.42. The van der Waals surface area contributed by atoms with Crippen LogP contribution in [0.25, 0.3) is 17.0 Å². The van der Waals surface area contributed by atoms with Crippen molar-refractivity contribution in [3.8, 4) is 17.6 Å². The Morgan fingerprint density at radius 2 is 1.45 bits per heavy atom. The van der Waals surface area contributed by atoms with Crippen LogP contribution in [0.4, 0.5) is 10.5 Å². The Kier molecular flexibility index (Phi) is 18.1. The smallest absolute Gasteiger partial charge is 0.407 e. The van der Waals surface area contributed by atoms with Gasteiger partial charge in [-0.1, -0.05) is 90.6 Å². The lowest BCUT2D eigenvalue weighted by Gasteiger charge is -2.39. The summed E-state index contributed by atoms with van der Waals surface area (Å²) in [5.41, 5.74) is 4.87. The molecule has 2 heterocycles. The van der Waals surface area contributed by atoms with Crippen molar-refractivity contribution >= 4 is 49.0 Å². The summed E-state index contributed by atoms with van der Waals surface area (Å²) in [4.78, 5) is 17.2. The number of aromatic nitrogens is 1. The van der Waals surface area contributed by atoms with Crippen LogP contribution in [0.3, 0.4) is 0 Å². The van der Waals surface area contributed by atoms with E-state index in [1.807, 2.05) is 78.9 Å². The summed E-state index contributed by atoms with van der Waals surface area (Å²) in [6.07, 6.45) is 3.83. The van der Waals surface area contributed by atoms with Crippen molar-refractivity contribution in [3.63, 3.8) is 0 Å². The molecule has 69 heavy (non-hydrogen) atoms. The minimum absolute atomic E-state index is 0.0216. The van der Waals surface area contributed by atoms with Gasteiger partial charge in [-0.15, -0.1) is 0 Å². The Hall–Kier alpha value is -5.97. The van der Waals surface area contributed by atoms with Gasteiger partial charge in [0.2, 0.25) is 5.52 Å². The number of fused-ring (bicyclic) bond motifs is 2. The van der Waals surface area contributed by atoms with Crippen molar-refractivity contribution in [2.45, 2.75) is 69.2 Å². The number of hydrogen-bond acceptors (Lipinski definition) is 11. The van der Waals surface area contributed by atoms with Crippen molar-refractivity contribution < 1.29 is 37.4 Å². The fourth-order valence-corrected chi connectivity index (χ4v) is 11.3. The molecule has 1 N–H and O–H groups in total. The molecule has 0 aliphatic carbocycles. The van der Waals surface area contributed by atoms with Crippen LogP contribution in [-0.2, 0) is 31.2 Å². The Morgan fingerprint density at radius 3 is 2.10 bits per heavy atom. The molecule has 0 saturated carbocycles. The molecule has 2 unspecified atom stereocenters. The number of benzene rings is 5. The SMILES string of the molecule is COc1ccc(C(OCC(CNC(=O)OCCCN2C(=Cc3cc[n+](C)c4ccccc34)Sc3ccccc32)OP(OCCC#N)N(C(C)C)C(C)C)(c2ccccc2)c2ccc(OC)cc2)cc1. The Labute approximate surface area is 412 Å². The van der Waals surface area contributed by atoms with Gasteiger partial charge in [0.25, 0.3) is 8.53 Å². The van der Waals surface area contributed by atoms with E-state index in [0.29, 0.717) is 24.5 Å². The summed E-state index contributed by atoms with van der Waals surface area (Å²) in [7, 11) is 3.62. The molecular formula is C55H63N5O7PS+. The number of aryl methyl sites for hydroxylation is 1. The van der Waals surface area contributed by atoms with E-state index in [-0.39, 0.29) is 44.9 Å². The highest BCUT2D eigenvalue weighted by atomic mass is 32.2. The molecule has 1 amide bonds. The third kappa shape index (κ3) is 12.4. The monoisotopic (exact) mass is 968 g/mol. The second-order valence-electron chi connectivity index (χ2n) is 17.1. The Bertz CT molecular complexity index is 2630. The van der Waals surface area contributed by atoms with Gasteiger partial charge in [-0.05, 0) is 105 Å². The number of hydrogen-bond donors (Lipinski definition) is 1. The van der Waals surface area contributed by atoms with Crippen LogP contribution in [0, 0.1) is 11.3 Å². The number of ether oxygens (including phenoxy) is 4. The summed E-state index contributed by atoms with van der Waals surface area (Å²) in [5, 5.41) is 14.7. The molecule has 14 heteroatoms. The summed E-state index contributed by atoms with van der Waals surface area (Å²) in [6, 6.07) is 46.9. The zero-order valence-electron chi connectivity index (χ0n) is 40.5. The van der Waals surface area contributed by atoms with E-state index >= 15 is 0 Å². The van der Waals surface area contributed by atoms with Gasteiger partial charge in [0.15, 0.2) is 6.20 Å². The minimum atomic E-state index is -1.72. The number of nitriles is 1. The highest BCUT2D eigenvalue weighted by molar-refractivity contribution is 8.03. The lowest BCUT2D eigenvalue weighted by molar-refractivity contribution is -0.644. The van der Waals surface area contributed by atoms with E-state index in [4.69, 9.17) is 28.0 Å². The molecule has 0 bridgehead atoms. The number of nitrogens with one attached hydrogen (secondary N) is 1. The van der Waals surface area contributed by atoms with Crippen LogP contribution >= 0.6 is 20.3 Å². The van der Waals surface area contributed by atoms with E-state index in [2.05, 4.69) is 127 Å². The van der Waals surface area contributed by atoms with E-state index < -0.39 is 26.3 Å². The molecule has 0 saturated heterocycles. The summed E-state index contributed by atoms with van der Waals surface area (Å²) in [6.45, 7) is 9.44. The first kappa shape index (κ1) is 50.9. The summed E-state index contributed by atoms with van der Waals surface area (Å²) in [5.74, 6) is 1.41. The largest absolute Gasteiger partial charge is 0.497 e. The molecule has 0 fully saturated rings. The molecule has 360 valence electrons. The number of carbonyl (C=O) groups is 1. The summed E-state index contributed by atoms with van der Waals surface area (Å²) < 4.78 is 41.9. The van der Waals surface area contributed by atoms with Crippen molar-refractivity contribution in [3.05, 3.63) is 167 Å². The third-order valence-electron chi connectivity index (χ3n) is 11.8. The van der Waals surface area contributed by atoms with Crippen LogP contribution in [0.2, 0.25) is 0 Å². The van der Waals surface area contributed by atoms with Gasteiger partial charge in [0.05, 0.1) is 62.6 Å². The predicted octanol–water partition coefficient (Wildman–Crippen LogP) is 11.4. The second-order valence-corrected chi connectivity index (χ2v) is 19.5. The molecule has 12 nitrogen and oxygen atoms in total. The van der Waals surface area contributed by atoms with Crippen LogP contribution < -0.4 is 24.3 Å². The van der Waals surface area contributed by atoms with E-state index in [1.165, 1.54) is 10.3 Å². The maximum Gasteiger partial charge on any atom is 0.407 e. The van der Waals surface area contributed by atoms with E-state index in [1.54, 1.807) is 26.0 Å². The predicted molar refractivity (Wildman–Crippen MR) is 275 cm³/mol. The van der Waals surface area contributed by atoms with Crippen molar-refractivity contribution in [1.29, 1.82) is 5.26 Å². The highest BCUT2D eigenvalue weighted by Crippen LogP contribution is 2.49. The van der Waals surface area contributed by atoms with E-state index in [9.17, 15) is 10.1 Å². The number of amides is 1. The molecular weight excluding hydrogens is 906 g/mol. The molecule has 0 spiro atoms. The van der Waals surface area contributed by atoms with Gasteiger partial charge in [-0.2, -0.15) is 5.26 Å². The number of thioether (sulfide) groups is 1. The molecule has 1 aliphatic heterocycles. The number of anilines is 1. The molecule has 6 aromatic rings. The Balaban J connectivity index is 1.12. The van der Waals surface area contributed by atoms with Crippen molar-refractivity contribution in [1.82, 2.24) is 9.99 Å². The van der Waals surface area contributed by atoms with Gasteiger partial charge in [0.1, 0.15) is 30.3 Å². The molecule has 0 radical (unpaired) electrons. The summed E-state index contributed by atoms with van der Waals surface area (Å²) >= 11 is 1.74. The van der Waals surface area contributed by atoms with Gasteiger partial charge < -0.3 is 38.2 Å². The van der Waals surface area contributed by atoms with Crippen LogP contribution in [-0.4, -0.2) is 76.1 Å². The van der Waals surface area contributed by atoms with Gasteiger partial charge in [0, 0.05) is 42.2 Å². The first-order chi connectivity index (χ1) is 33.6. The van der Waals surface area contributed by atoms with Gasteiger partial charge in [-0.3, -0.25) is 0 Å². The third-order valence-corrected chi connectivity index (χ3v) is 15.1. The van der Waals surface area contributed by atoms with Crippen LogP contribution in [0.5, 0.6) is 11.5 Å². The number of alkyl carbamates (subject to hydrolysis) is 1. The average Bonchev–Trinajstić information content (AvgIpc) is 3.72. The standard InChI is InChI=1S/C55H62N5O7PS/c1-40(2)60(41(3)4)68(66-36-15-32-56)67-48(39-65-55(43-17-9-8-10-18-43,44-23-27-46(62-6)28-24-44)45-25-29-47(63-7)30-26-45)38-57-54(61)64-35-16-33-59-51-21-13-14-22-52(51)69-53(59)37-42-31-34-58(5)50-20-12-11-19-49(42)50/h8-14,17-31,34,37,40-41,48H,15-16,33,35-36,38-39H2,1-7H3/p+1. The highest BCUT2D eigenvalue weighted by Gasteiger charge is 2.40. The minimum Gasteiger partial charge on any atom is -0.497 e.